The van der Waals surface area contributed by atoms with Crippen LogP contribution in [0.1, 0.15) is 12.0 Å². The summed E-state index contributed by atoms with van der Waals surface area (Å²) in [5.74, 6) is 0. The first-order valence-electron chi connectivity index (χ1n) is 7.69. The third kappa shape index (κ3) is 4.60. The number of hydrogen-bond donors (Lipinski definition) is 1. The molecule has 0 spiro atoms. The van der Waals surface area contributed by atoms with E-state index in [0.717, 1.165) is 37.3 Å². The monoisotopic (exact) mass is 331 g/mol. The summed E-state index contributed by atoms with van der Waals surface area (Å²) in [5, 5.41) is 0. The van der Waals surface area contributed by atoms with Crippen LogP contribution >= 0.6 is 0 Å². The molecule has 5 nitrogen and oxygen atoms in total. The van der Waals surface area contributed by atoms with Crippen molar-refractivity contribution in [2.24, 2.45) is 0 Å². The van der Waals surface area contributed by atoms with Gasteiger partial charge in [-0.05, 0) is 30.2 Å². The quantitative estimate of drug-likeness (QED) is 0.908. The van der Waals surface area contributed by atoms with Crippen LogP contribution in [0.5, 0.6) is 0 Å². The minimum Gasteiger partial charge on any atom is -0.297 e. The zero-order chi connectivity index (χ0) is 16.3. The molecule has 0 radical (unpaired) electrons. The predicted octanol–water partition coefficient (Wildman–Crippen LogP) is 1.87. The molecular formula is C17H21N3O2S. The SMILES string of the molecule is CS(=O)(=O)NC1CCN(Cc2cccc(-c3ccccn3)c2)C1. The molecule has 1 saturated heterocycles. The number of likely N-dealkylation sites (tertiary alicyclic amines) is 1. The average Bonchev–Trinajstić information content (AvgIpc) is 2.93. The Morgan fingerprint density at radius 2 is 2.13 bits per heavy atom. The number of aromatic nitrogens is 1. The van der Waals surface area contributed by atoms with E-state index >= 15 is 0 Å². The standard InChI is InChI=1S/C17H21N3O2S/c1-23(21,22)19-16-8-10-20(13-16)12-14-5-4-6-15(11-14)17-7-2-3-9-18-17/h2-7,9,11,16,19H,8,10,12-13H2,1H3. The second-order valence-electron chi connectivity index (χ2n) is 6.03. The number of pyridine rings is 1. The van der Waals surface area contributed by atoms with Crippen molar-refractivity contribution in [3.63, 3.8) is 0 Å². The Hall–Kier alpha value is -1.76. The van der Waals surface area contributed by atoms with E-state index in [1.807, 2.05) is 24.3 Å². The fraction of sp³-hybridized carbons (Fsp3) is 0.353. The number of hydrogen-bond acceptors (Lipinski definition) is 4. The average molecular weight is 331 g/mol. The molecule has 1 fully saturated rings. The van der Waals surface area contributed by atoms with Crippen molar-refractivity contribution in [2.45, 2.75) is 19.0 Å². The molecule has 1 N–H and O–H groups in total. The number of benzene rings is 1. The van der Waals surface area contributed by atoms with E-state index in [2.05, 4.69) is 32.8 Å². The number of sulfonamides is 1. The molecule has 0 saturated carbocycles. The third-order valence-electron chi connectivity index (χ3n) is 3.95. The zero-order valence-corrected chi connectivity index (χ0v) is 14.0. The highest BCUT2D eigenvalue weighted by molar-refractivity contribution is 7.88. The Morgan fingerprint density at radius 1 is 1.26 bits per heavy atom. The van der Waals surface area contributed by atoms with Gasteiger partial charge in [0.15, 0.2) is 0 Å². The summed E-state index contributed by atoms with van der Waals surface area (Å²) in [4.78, 5) is 6.66. The lowest BCUT2D eigenvalue weighted by molar-refractivity contribution is 0.325. The molecule has 1 atom stereocenters. The van der Waals surface area contributed by atoms with Gasteiger partial charge in [-0.25, -0.2) is 13.1 Å². The van der Waals surface area contributed by atoms with Crippen LogP contribution < -0.4 is 4.72 Å². The summed E-state index contributed by atoms with van der Waals surface area (Å²) >= 11 is 0. The van der Waals surface area contributed by atoms with Crippen molar-refractivity contribution < 1.29 is 8.42 Å². The van der Waals surface area contributed by atoms with Crippen LogP contribution in [-0.2, 0) is 16.6 Å². The van der Waals surface area contributed by atoms with Gasteiger partial charge in [0, 0.05) is 37.4 Å². The number of rotatable bonds is 5. The molecule has 0 bridgehead atoms. The van der Waals surface area contributed by atoms with E-state index in [1.54, 1.807) is 6.20 Å². The maximum absolute atomic E-state index is 11.3. The van der Waals surface area contributed by atoms with Gasteiger partial charge in [-0.15, -0.1) is 0 Å². The highest BCUT2D eigenvalue weighted by atomic mass is 32.2. The Labute approximate surface area is 137 Å². The highest BCUT2D eigenvalue weighted by Gasteiger charge is 2.24. The van der Waals surface area contributed by atoms with E-state index in [0.29, 0.717) is 0 Å². The summed E-state index contributed by atoms with van der Waals surface area (Å²) < 4.78 is 25.3. The molecule has 122 valence electrons. The van der Waals surface area contributed by atoms with Crippen LogP contribution in [0.3, 0.4) is 0 Å². The fourth-order valence-electron chi connectivity index (χ4n) is 3.00. The summed E-state index contributed by atoms with van der Waals surface area (Å²) in [6.07, 6.45) is 3.86. The van der Waals surface area contributed by atoms with E-state index in [1.165, 1.54) is 11.8 Å². The van der Waals surface area contributed by atoms with Crippen molar-refractivity contribution in [2.75, 3.05) is 19.3 Å². The van der Waals surface area contributed by atoms with E-state index < -0.39 is 10.0 Å². The second kappa shape index (κ2) is 6.78. The smallest absolute Gasteiger partial charge is 0.208 e. The first kappa shape index (κ1) is 16.1. The van der Waals surface area contributed by atoms with Crippen molar-refractivity contribution in [1.29, 1.82) is 0 Å². The summed E-state index contributed by atoms with van der Waals surface area (Å²) in [6, 6.07) is 14.3. The third-order valence-corrected chi connectivity index (χ3v) is 4.71. The Balaban J connectivity index is 1.65. The topological polar surface area (TPSA) is 62.3 Å². The van der Waals surface area contributed by atoms with Crippen LogP contribution in [-0.4, -0.2) is 43.7 Å². The normalized spacial score (nSPS) is 19.1. The van der Waals surface area contributed by atoms with E-state index in [9.17, 15) is 8.42 Å². The van der Waals surface area contributed by atoms with Gasteiger partial charge in [0.2, 0.25) is 10.0 Å². The van der Waals surface area contributed by atoms with Gasteiger partial charge in [-0.3, -0.25) is 9.88 Å². The van der Waals surface area contributed by atoms with Gasteiger partial charge in [-0.2, -0.15) is 0 Å². The van der Waals surface area contributed by atoms with Gasteiger partial charge in [0.05, 0.1) is 11.9 Å². The van der Waals surface area contributed by atoms with Gasteiger partial charge in [0.25, 0.3) is 0 Å². The van der Waals surface area contributed by atoms with Crippen LogP contribution in [0.4, 0.5) is 0 Å². The molecule has 6 heteroatoms. The first-order valence-corrected chi connectivity index (χ1v) is 9.59. The number of nitrogens with zero attached hydrogens (tertiary/aromatic N) is 2. The van der Waals surface area contributed by atoms with E-state index in [4.69, 9.17) is 0 Å². The molecule has 1 aliphatic heterocycles. The lowest BCUT2D eigenvalue weighted by Crippen LogP contribution is -2.36. The van der Waals surface area contributed by atoms with E-state index in [-0.39, 0.29) is 6.04 Å². The molecule has 23 heavy (non-hydrogen) atoms. The summed E-state index contributed by atoms with van der Waals surface area (Å²) in [7, 11) is -3.13. The van der Waals surface area contributed by atoms with Gasteiger partial charge < -0.3 is 0 Å². The molecule has 1 aromatic carbocycles. The number of nitrogens with one attached hydrogen (secondary N) is 1. The zero-order valence-electron chi connectivity index (χ0n) is 13.1. The van der Waals surface area contributed by atoms with Crippen molar-refractivity contribution in [3.8, 4) is 11.3 Å². The first-order chi connectivity index (χ1) is 11.0. The molecule has 2 heterocycles. The van der Waals surface area contributed by atoms with Crippen molar-refractivity contribution in [3.05, 3.63) is 54.2 Å². The highest BCUT2D eigenvalue weighted by Crippen LogP contribution is 2.20. The lowest BCUT2D eigenvalue weighted by Gasteiger charge is -2.16. The minimum atomic E-state index is -3.13. The Bertz CT molecular complexity index is 762. The van der Waals surface area contributed by atoms with Crippen LogP contribution in [0.2, 0.25) is 0 Å². The Morgan fingerprint density at radius 3 is 2.87 bits per heavy atom. The molecule has 1 unspecified atom stereocenters. The summed E-state index contributed by atoms with van der Waals surface area (Å²) in [5.41, 5.74) is 3.29. The Kier molecular flexibility index (Phi) is 4.75. The maximum atomic E-state index is 11.3. The largest absolute Gasteiger partial charge is 0.297 e. The predicted molar refractivity (Wildman–Crippen MR) is 91.3 cm³/mol. The van der Waals surface area contributed by atoms with Crippen LogP contribution in [0, 0.1) is 0 Å². The molecule has 1 aliphatic rings. The summed E-state index contributed by atoms with van der Waals surface area (Å²) in [6.45, 7) is 2.48. The van der Waals surface area contributed by atoms with Crippen LogP contribution in [0.15, 0.2) is 48.7 Å². The molecule has 0 aliphatic carbocycles. The van der Waals surface area contributed by atoms with Gasteiger partial charge in [-0.1, -0.05) is 24.3 Å². The van der Waals surface area contributed by atoms with Crippen molar-refractivity contribution in [1.82, 2.24) is 14.6 Å². The maximum Gasteiger partial charge on any atom is 0.208 e. The fourth-order valence-corrected chi connectivity index (χ4v) is 3.79. The molecule has 1 aromatic heterocycles. The molecular weight excluding hydrogens is 310 g/mol. The van der Waals surface area contributed by atoms with Crippen LogP contribution in [0.25, 0.3) is 11.3 Å². The molecule has 3 rings (SSSR count). The van der Waals surface area contributed by atoms with Gasteiger partial charge >= 0.3 is 0 Å². The van der Waals surface area contributed by atoms with Crippen molar-refractivity contribution >= 4 is 10.0 Å². The van der Waals surface area contributed by atoms with Gasteiger partial charge in [0.1, 0.15) is 0 Å². The molecule has 2 aromatic rings. The second-order valence-corrected chi connectivity index (χ2v) is 7.81. The lowest BCUT2D eigenvalue weighted by atomic mass is 10.1. The minimum absolute atomic E-state index is 0.0176. The molecule has 0 amide bonds.